The van der Waals surface area contributed by atoms with Crippen molar-refractivity contribution in [1.29, 1.82) is 5.26 Å². The van der Waals surface area contributed by atoms with E-state index in [0.717, 1.165) is 41.5 Å². The molecule has 1 aromatic heterocycles. The molecule has 0 bridgehead atoms. The van der Waals surface area contributed by atoms with Gasteiger partial charge in [-0.1, -0.05) is 160 Å². The molecule has 61 heavy (non-hydrogen) atoms. The number of rotatable bonds is 17. The number of hydrogen-bond donors (Lipinski definition) is 2. The quantitative estimate of drug-likeness (QED) is 0.0531. The highest BCUT2D eigenvalue weighted by molar-refractivity contribution is 6.31. The van der Waals surface area contributed by atoms with Crippen LogP contribution in [0.4, 0.5) is 0 Å². The summed E-state index contributed by atoms with van der Waals surface area (Å²) in [6, 6.07) is 44.4. The standard InChI is InChI=1S/C50H51ClN6O4/c1-48(2)46(49(3,4)47(48)60-41-30-29-37(33-52)42(51)32-41)57-34-43(54-56-57)35-25-27-36(28-26-35)45(59)53-31-17-6-5-16-24-44(58)55-61-50(38-18-10-7-11-19-38,39-20-12-8-13-21-39)40-22-14-9-15-23-40/h7-15,18-23,25-30,32,34,46-47H,5-6,16-17,24,31H2,1-4H3,(H,53,59)(H,55,58). The van der Waals surface area contributed by atoms with E-state index in [1.807, 2.05) is 114 Å². The zero-order chi connectivity index (χ0) is 43.0. The SMILES string of the molecule is CC1(C)C(Oc2ccc(C#N)c(Cl)c2)C(C)(C)C1n1cc(-c2ccc(C(=O)NCCCCCCC(=O)NOC(c3ccccc3)(c3ccccc3)c3ccccc3)cc2)nn1. The van der Waals surface area contributed by atoms with Crippen LogP contribution in [0.15, 0.2) is 140 Å². The number of nitrogens with one attached hydrogen (secondary N) is 2. The smallest absolute Gasteiger partial charge is 0.251 e. The third-order valence-corrected chi connectivity index (χ3v) is 12.1. The molecule has 0 saturated heterocycles. The Kier molecular flexibility index (Phi) is 13.0. The minimum atomic E-state index is -1.03. The van der Waals surface area contributed by atoms with Gasteiger partial charge in [0.05, 0.1) is 22.8 Å². The highest BCUT2D eigenvalue weighted by atomic mass is 35.5. The van der Waals surface area contributed by atoms with Crippen LogP contribution in [0.5, 0.6) is 5.75 Å². The lowest BCUT2D eigenvalue weighted by Crippen LogP contribution is -2.66. The number of benzene rings is 5. The molecule has 2 amide bonds. The van der Waals surface area contributed by atoms with E-state index in [1.165, 1.54) is 0 Å². The number of halogens is 1. The molecule has 312 valence electrons. The molecule has 0 aliphatic heterocycles. The van der Waals surface area contributed by atoms with Gasteiger partial charge in [0.15, 0.2) is 5.60 Å². The Bertz CT molecular complexity index is 2350. The monoisotopic (exact) mass is 834 g/mol. The molecule has 1 aliphatic rings. The number of hydroxylamine groups is 1. The number of hydrogen-bond acceptors (Lipinski definition) is 7. The number of ether oxygens (including phenoxy) is 1. The highest BCUT2D eigenvalue weighted by Crippen LogP contribution is 2.62. The lowest BCUT2D eigenvalue weighted by atomic mass is 9.49. The molecule has 0 spiro atoms. The van der Waals surface area contributed by atoms with E-state index in [4.69, 9.17) is 21.2 Å². The first-order valence-electron chi connectivity index (χ1n) is 20.8. The summed E-state index contributed by atoms with van der Waals surface area (Å²) in [5.74, 6) is 0.292. The Morgan fingerprint density at radius 2 is 1.36 bits per heavy atom. The maximum Gasteiger partial charge on any atom is 0.251 e. The predicted octanol–water partition coefficient (Wildman–Crippen LogP) is 10.2. The molecule has 6 aromatic rings. The molecular weight excluding hydrogens is 784 g/mol. The lowest BCUT2D eigenvalue weighted by molar-refractivity contribution is -0.191. The number of nitriles is 1. The van der Waals surface area contributed by atoms with Crippen molar-refractivity contribution in [3.63, 3.8) is 0 Å². The van der Waals surface area contributed by atoms with Gasteiger partial charge in [-0.25, -0.2) is 10.2 Å². The Labute approximate surface area is 362 Å². The van der Waals surface area contributed by atoms with Gasteiger partial charge in [-0.15, -0.1) is 5.10 Å². The molecule has 2 N–H and O–H groups in total. The third-order valence-electron chi connectivity index (χ3n) is 11.8. The average Bonchev–Trinajstić information content (AvgIpc) is 3.75. The summed E-state index contributed by atoms with van der Waals surface area (Å²) in [6.45, 7) is 9.14. The first-order chi connectivity index (χ1) is 29.4. The van der Waals surface area contributed by atoms with Crippen LogP contribution in [0.2, 0.25) is 5.02 Å². The fourth-order valence-corrected chi connectivity index (χ4v) is 9.38. The largest absolute Gasteiger partial charge is 0.489 e. The van der Waals surface area contributed by atoms with Crippen molar-refractivity contribution in [3.8, 4) is 23.1 Å². The van der Waals surface area contributed by atoms with Crippen LogP contribution in [0, 0.1) is 22.2 Å². The van der Waals surface area contributed by atoms with Gasteiger partial charge in [0.1, 0.15) is 23.6 Å². The zero-order valence-corrected chi connectivity index (χ0v) is 35.7. The van der Waals surface area contributed by atoms with Crippen LogP contribution < -0.4 is 15.5 Å². The van der Waals surface area contributed by atoms with Crippen LogP contribution in [-0.2, 0) is 15.2 Å². The van der Waals surface area contributed by atoms with E-state index in [1.54, 1.807) is 30.3 Å². The molecule has 0 unspecified atom stereocenters. The summed E-state index contributed by atoms with van der Waals surface area (Å²) in [6.07, 6.45) is 5.33. The Balaban J connectivity index is 0.856. The lowest BCUT2D eigenvalue weighted by Gasteiger charge is -2.62. The molecule has 1 saturated carbocycles. The van der Waals surface area contributed by atoms with Crippen molar-refractivity contribution in [2.45, 2.75) is 77.5 Å². The van der Waals surface area contributed by atoms with E-state index < -0.39 is 5.60 Å². The van der Waals surface area contributed by atoms with Gasteiger partial charge >= 0.3 is 0 Å². The molecule has 5 aromatic carbocycles. The van der Waals surface area contributed by atoms with E-state index in [0.29, 0.717) is 47.0 Å². The van der Waals surface area contributed by atoms with Crippen LogP contribution in [0.3, 0.4) is 0 Å². The van der Waals surface area contributed by atoms with Crippen molar-refractivity contribution in [1.82, 2.24) is 25.8 Å². The van der Waals surface area contributed by atoms with Gasteiger partial charge in [-0.05, 0) is 53.8 Å². The molecule has 0 atom stereocenters. The van der Waals surface area contributed by atoms with Crippen molar-refractivity contribution in [2.24, 2.45) is 10.8 Å². The molecule has 7 rings (SSSR count). The molecule has 1 aliphatic carbocycles. The average molecular weight is 835 g/mol. The molecule has 11 heteroatoms. The number of carbonyl (C=O) groups excluding carboxylic acids is 2. The second kappa shape index (κ2) is 18.5. The van der Waals surface area contributed by atoms with E-state index in [9.17, 15) is 14.9 Å². The summed E-state index contributed by atoms with van der Waals surface area (Å²) >= 11 is 6.27. The third kappa shape index (κ3) is 9.09. The van der Waals surface area contributed by atoms with Gasteiger partial charge in [0.2, 0.25) is 5.91 Å². The fourth-order valence-electron chi connectivity index (χ4n) is 9.17. The fraction of sp³-hybridized carbons (Fsp3) is 0.300. The van der Waals surface area contributed by atoms with Crippen molar-refractivity contribution in [3.05, 3.63) is 172 Å². The molecular formula is C50H51ClN6O4. The Hall–Kier alpha value is -6.28. The molecule has 1 fully saturated rings. The summed E-state index contributed by atoms with van der Waals surface area (Å²) in [7, 11) is 0. The van der Waals surface area contributed by atoms with Gasteiger partial charge < -0.3 is 10.1 Å². The minimum absolute atomic E-state index is 0.00130. The number of aromatic nitrogens is 3. The number of nitrogens with zero attached hydrogens (tertiary/aromatic N) is 4. The van der Waals surface area contributed by atoms with E-state index in [-0.39, 0.29) is 34.8 Å². The summed E-state index contributed by atoms with van der Waals surface area (Å²) in [5.41, 5.74) is 6.43. The van der Waals surface area contributed by atoms with Crippen molar-refractivity contribution < 1.29 is 19.2 Å². The first kappa shape index (κ1) is 42.8. The molecule has 1 heterocycles. The van der Waals surface area contributed by atoms with Gasteiger partial charge in [-0.2, -0.15) is 5.26 Å². The Morgan fingerprint density at radius 1 is 0.787 bits per heavy atom. The first-order valence-corrected chi connectivity index (χ1v) is 21.1. The number of carbonyl (C=O) groups is 2. The summed E-state index contributed by atoms with van der Waals surface area (Å²) < 4.78 is 8.35. The maximum absolute atomic E-state index is 13.1. The Morgan fingerprint density at radius 3 is 1.92 bits per heavy atom. The normalized spacial score (nSPS) is 16.5. The van der Waals surface area contributed by atoms with Crippen molar-refractivity contribution >= 4 is 23.4 Å². The second-order valence-corrected chi connectivity index (χ2v) is 17.2. The van der Waals surface area contributed by atoms with Crippen LogP contribution in [0.25, 0.3) is 11.3 Å². The zero-order valence-electron chi connectivity index (χ0n) is 35.0. The summed E-state index contributed by atoms with van der Waals surface area (Å²) in [4.78, 5) is 32.5. The van der Waals surface area contributed by atoms with E-state index in [2.05, 4.69) is 54.9 Å². The van der Waals surface area contributed by atoms with Crippen molar-refractivity contribution in [2.75, 3.05) is 6.54 Å². The van der Waals surface area contributed by atoms with Gasteiger partial charge in [-0.3, -0.25) is 14.4 Å². The van der Waals surface area contributed by atoms with Crippen LogP contribution >= 0.6 is 11.6 Å². The molecule has 0 radical (unpaired) electrons. The van der Waals surface area contributed by atoms with Gasteiger partial charge in [0, 0.05) is 41.0 Å². The van der Waals surface area contributed by atoms with E-state index >= 15 is 0 Å². The topological polar surface area (TPSA) is 131 Å². The van der Waals surface area contributed by atoms with Gasteiger partial charge in [0.25, 0.3) is 5.91 Å². The summed E-state index contributed by atoms with van der Waals surface area (Å²) in [5, 5.41) is 21.6. The predicted molar refractivity (Wildman–Crippen MR) is 236 cm³/mol. The second-order valence-electron chi connectivity index (χ2n) is 16.8. The van der Waals surface area contributed by atoms with Crippen LogP contribution in [-0.4, -0.2) is 39.5 Å². The number of unbranched alkanes of at least 4 members (excludes halogenated alkanes) is 3. The molecule has 10 nitrogen and oxygen atoms in total. The minimum Gasteiger partial charge on any atom is -0.489 e. The number of amides is 2. The van der Waals surface area contributed by atoms with Crippen LogP contribution in [0.1, 0.15) is 98.5 Å². The maximum atomic E-state index is 13.1. The highest BCUT2D eigenvalue weighted by Gasteiger charge is 2.65.